The fourth-order valence-corrected chi connectivity index (χ4v) is 4.61. The predicted molar refractivity (Wildman–Crippen MR) is 124 cm³/mol. The quantitative estimate of drug-likeness (QED) is 0.529. The molecule has 0 amide bonds. The van der Waals surface area contributed by atoms with Crippen molar-refractivity contribution in [3.63, 3.8) is 0 Å². The smallest absolute Gasteiger partial charge is 0.344 e. The first kappa shape index (κ1) is 20.7. The van der Waals surface area contributed by atoms with Crippen LogP contribution in [0.4, 0.5) is 5.69 Å². The minimum absolute atomic E-state index is 0.172. The molecule has 0 aliphatic carbocycles. The van der Waals surface area contributed by atoms with Crippen molar-refractivity contribution in [2.75, 3.05) is 37.7 Å². The molecule has 1 saturated heterocycles. The second-order valence-corrected chi connectivity index (χ2v) is 8.55. The van der Waals surface area contributed by atoms with Gasteiger partial charge in [-0.1, -0.05) is 6.07 Å². The molecule has 1 fully saturated rings. The molecule has 1 aliphatic heterocycles. The van der Waals surface area contributed by atoms with Gasteiger partial charge >= 0.3 is 5.63 Å². The monoisotopic (exact) mass is 433 g/mol. The van der Waals surface area contributed by atoms with E-state index in [4.69, 9.17) is 4.42 Å². The normalized spacial score (nSPS) is 17.5. The molecule has 1 aromatic carbocycles. The molecule has 8 nitrogen and oxygen atoms in total. The summed E-state index contributed by atoms with van der Waals surface area (Å²) in [5.74, 6) is 0.447. The first-order chi connectivity index (χ1) is 15.4. The molecule has 0 radical (unpaired) electrons. The zero-order valence-electron chi connectivity index (χ0n) is 18.6. The SMILES string of the molecule is Cc1cn2cc(-c3cc4ccc(N5CCN(CCO)[C@H](C)C5)cc4c(=O)o3)nc2c(C)n1. The first-order valence-corrected chi connectivity index (χ1v) is 10.9. The number of hydrogen-bond acceptors (Lipinski definition) is 7. The van der Waals surface area contributed by atoms with E-state index < -0.39 is 0 Å². The Hall–Kier alpha value is -3.23. The summed E-state index contributed by atoms with van der Waals surface area (Å²) < 4.78 is 7.60. The third-order valence-corrected chi connectivity index (χ3v) is 6.24. The summed E-state index contributed by atoms with van der Waals surface area (Å²) in [6.07, 6.45) is 3.77. The van der Waals surface area contributed by atoms with Crippen molar-refractivity contribution >= 4 is 22.1 Å². The Morgan fingerprint density at radius 1 is 1.16 bits per heavy atom. The van der Waals surface area contributed by atoms with E-state index in [1.165, 1.54) is 0 Å². The van der Waals surface area contributed by atoms with Crippen LogP contribution in [-0.2, 0) is 0 Å². The summed E-state index contributed by atoms with van der Waals surface area (Å²) in [4.78, 5) is 26.5. The average molecular weight is 434 g/mol. The van der Waals surface area contributed by atoms with Gasteiger partial charge in [0.1, 0.15) is 5.69 Å². The van der Waals surface area contributed by atoms with Gasteiger partial charge in [0.25, 0.3) is 0 Å². The number of aryl methyl sites for hydroxylation is 2. The van der Waals surface area contributed by atoms with Gasteiger partial charge in [-0.3, -0.25) is 9.88 Å². The highest BCUT2D eigenvalue weighted by Gasteiger charge is 2.23. The number of aromatic nitrogens is 3. The number of aliphatic hydroxyl groups excluding tert-OH is 1. The molecule has 4 aromatic rings. The van der Waals surface area contributed by atoms with Gasteiger partial charge in [0.2, 0.25) is 0 Å². The molecular weight excluding hydrogens is 406 g/mol. The van der Waals surface area contributed by atoms with Crippen molar-refractivity contribution in [2.24, 2.45) is 0 Å². The van der Waals surface area contributed by atoms with Gasteiger partial charge in [-0.15, -0.1) is 0 Å². The molecule has 8 heteroatoms. The Morgan fingerprint density at radius 2 is 2.00 bits per heavy atom. The van der Waals surface area contributed by atoms with E-state index in [1.807, 2.05) is 48.8 Å². The van der Waals surface area contributed by atoms with Crippen LogP contribution < -0.4 is 10.5 Å². The summed E-state index contributed by atoms with van der Waals surface area (Å²) in [7, 11) is 0. The van der Waals surface area contributed by atoms with Crippen LogP contribution in [0.15, 0.2) is 45.9 Å². The molecule has 0 spiro atoms. The first-order valence-electron chi connectivity index (χ1n) is 10.9. The number of fused-ring (bicyclic) bond motifs is 2. The van der Waals surface area contributed by atoms with E-state index in [1.54, 1.807) is 0 Å². The summed E-state index contributed by atoms with van der Waals surface area (Å²) in [6.45, 7) is 9.47. The minimum Gasteiger partial charge on any atom is -0.421 e. The Bertz CT molecular complexity index is 1360. The fraction of sp³-hybridized carbons (Fsp3) is 0.375. The van der Waals surface area contributed by atoms with Crippen molar-refractivity contribution in [2.45, 2.75) is 26.8 Å². The molecule has 5 rings (SSSR count). The van der Waals surface area contributed by atoms with Gasteiger partial charge < -0.3 is 18.8 Å². The Kier molecular flexibility index (Phi) is 5.19. The number of rotatable bonds is 4. The number of nitrogens with zero attached hydrogens (tertiary/aromatic N) is 5. The van der Waals surface area contributed by atoms with Gasteiger partial charge in [-0.05, 0) is 44.4 Å². The Labute approximate surface area is 185 Å². The Morgan fingerprint density at radius 3 is 2.78 bits per heavy atom. The third-order valence-electron chi connectivity index (χ3n) is 6.24. The highest BCUT2D eigenvalue weighted by molar-refractivity contribution is 5.87. The van der Waals surface area contributed by atoms with Crippen LogP contribution in [0.3, 0.4) is 0 Å². The molecule has 4 heterocycles. The zero-order chi connectivity index (χ0) is 22.4. The number of aliphatic hydroxyl groups is 1. The molecule has 0 bridgehead atoms. The van der Waals surface area contributed by atoms with Crippen LogP contribution in [0.1, 0.15) is 18.3 Å². The highest BCUT2D eigenvalue weighted by atomic mass is 16.4. The lowest BCUT2D eigenvalue weighted by molar-refractivity contribution is 0.146. The van der Waals surface area contributed by atoms with Crippen molar-refractivity contribution in [1.82, 2.24) is 19.3 Å². The maximum Gasteiger partial charge on any atom is 0.344 e. The third kappa shape index (κ3) is 3.65. The van der Waals surface area contributed by atoms with Crippen molar-refractivity contribution in [3.05, 3.63) is 58.5 Å². The largest absolute Gasteiger partial charge is 0.421 e. The standard InChI is InChI=1S/C24H27N5O3/c1-15-12-29-14-21(26-23(29)17(3)25-15)22-10-18-4-5-19(11-20(18)24(31)32-22)28-7-6-27(8-9-30)16(2)13-28/h4-5,10-12,14,16,30H,6-9,13H2,1-3H3/t16-/m1/s1. The van der Waals surface area contributed by atoms with E-state index in [9.17, 15) is 9.90 Å². The lowest BCUT2D eigenvalue weighted by atomic mass is 10.1. The van der Waals surface area contributed by atoms with E-state index in [0.29, 0.717) is 29.4 Å². The summed E-state index contributed by atoms with van der Waals surface area (Å²) in [6, 6.07) is 8.16. The highest BCUT2D eigenvalue weighted by Crippen LogP contribution is 2.27. The maximum absolute atomic E-state index is 12.9. The van der Waals surface area contributed by atoms with Gasteiger partial charge in [0.15, 0.2) is 11.4 Å². The number of piperazine rings is 1. The average Bonchev–Trinajstić information content (AvgIpc) is 3.19. The Balaban J connectivity index is 1.48. The second-order valence-electron chi connectivity index (χ2n) is 8.55. The molecule has 32 heavy (non-hydrogen) atoms. The molecule has 1 N–H and O–H groups in total. The van der Waals surface area contributed by atoms with E-state index in [-0.39, 0.29) is 12.2 Å². The fourth-order valence-electron chi connectivity index (χ4n) is 4.61. The van der Waals surface area contributed by atoms with Crippen LogP contribution in [0.2, 0.25) is 0 Å². The van der Waals surface area contributed by atoms with Crippen LogP contribution in [-0.4, -0.2) is 63.2 Å². The number of hydrogen-bond donors (Lipinski definition) is 1. The maximum atomic E-state index is 12.9. The topological polar surface area (TPSA) is 87.1 Å². The molecule has 0 saturated carbocycles. The molecule has 0 unspecified atom stereocenters. The molecule has 1 atom stereocenters. The number of benzene rings is 1. The van der Waals surface area contributed by atoms with Crippen LogP contribution in [0, 0.1) is 13.8 Å². The van der Waals surface area contributed by atoms with Gasteiger partial charge in [-0.25, -0.2) is 9.78 Å². The predicted octanol–water partition coefficient (Wildman–Crippen LogP) is 2.62. The molecule has 3 aromatic heterocycles. The molecular formula is C24H27N5O3. The lowest BCUT2D eigenvalue weighted by Gasteiger charge is -2.40. The van der Waals surface area contributed by atoms with Crippen molar-refractivity contribution < 1.29 is 9.52 Å². The zero-order valence-corrected chi connectivity index (χ0v) is 18.6. The van der Waals surface area contributed by atoms with Gasteiger partial charge in [0.05, 0.1) is 23.4 Å². The second kappa shape index (κ2) is 8.03. The molecule has 1 aliphatic rings. The van der Waals surface area contributed by atoms with E-state index >= 15 is 0 Å². The summed E-state index contributed by atoms with van der Waals surface area (Å²) in [5, 5.41) is 10.6. The van der Waals surface area contributed by atoms with Crippen molar-refractivity contribution in [3.8, 4) is 11.5 Å². The number of imidazole rings is 1. The van der Waals surface area contributed by atoms with Crippen LogP contribution in [0.5, 0.6) is 0 Å². The van der Waals surface area contributed by atoms with Crippen LogP contribution in [0.25, 0.3) is 27.9 Å². The van der Waals surface area contributed by atoms with Crippen molar-refractivity contribution in [1.29, 1.82) is 0 Å². The lowest BCUT2D eigenvalue weighted by Crippen LogP contribution is -2.52. The number of β-amino-alcohol motifs (C(OH)–C–C–N with tert-alkyl or cyclic N) is 1. The van der Waals surface area contributed by atoms with E-state index in [0.717, 1.165) is 47.7 Å². The summed E-state index contributed by atoms with van der Waals surface area (Å²) in [5.41, 5.74) is 3.73. The molecule has 166 valence electrons. The van der Waals surface area contributed by atoms with Gasteiger partial charge in [0, 0.05) is 50.3 Å². The number of anilines is 1. The minimum atomic E-state index is -0.366. The van der Waals surface area contributed by atoms with Gasteiger partial charge in [-0.2, -0.15) is 0 Å². The summed E-state index contributed by atoms with van der Waals surface area (Å²) >= 11 is 0. The van der Waals surface area contributed by atoms with Crippen LogP contribution >= 0.6 is 0 Å². The van der Waals surface area contributed by atoms with E-state index in [2.05, 4.69) is 32.8 Å².